The van der Waals surface area contributed by atoms with Gasteiger partial charge in [0.05, 0.1) is 6.42 Å². The molecule has 152 valence electrons. The third-order valence-corrected chi connectivity index (χ3v) is 4.28. The molecule has 0 spiro atoms. The fraction of sp³-hybridized carbons (Fsp3) is 0.0952. The number of halogens is 3. The number of alkyl halides is 3. The molecule has 0 atom stereocenters. The van der Waals surface area contributed by atoms with Gasteiger partial charge in [0.1, 0.15) is 12.1 Å². The van der Waals surface area contributed by atoms with E-state index in [-0.39, 0.29) is 18.0 Å². The van der Waals surface area contributed by atoms with Gasteiger partial charge >= 0.3 is 6.36 Å². The number of pyridine rings is 1. The molecule has 1 N–H and O–H groups in total. The van der Waals surface area contributed by atoms with E-state index in [2.05, 4.69) is 20.1 Å². The quantitative estimate of drug-likeness (QED) is 0.525. The molecule has 30 heavy (non-hydrogen) atoms. The first-order valence-electron chi connectivity index (χ1n) is 8.90. The lowest BCUT2D eigenvalue weighted by Gasteiger charge is -2.11. The fourth-order valence-electron chi connectivity index (χ4n) is 2.97. The number of rotatable bonds is 5. The van der Waals surface area contributed by atoms with Gasteiger partial charge in [-0.2, -0.15) is 5.10 Å². The molecule has 2 aromatic carbocycles. The van der Waals surface area contributed by atoms with Gasteiger partial charge < -0.3 is 10.1 Å². The third-order valence-electron chi connectivity index (χ3n) is 4.28. The summed E-state index contributed by atoms with van der Waals surface area (Å²) in [6.45, 7) is 0. The van der Waals surface area contributed by atoms with Crippen molar-refractivity contribution < 1.29 is 22.7 Å². The van der Waals surface area contributed by atoms with E-state index in [0.29, 0.717) is 0 Å². The molecule has 2 heterocycles. The standard InChI is InChI=1S/C21H15F3N4O2/c22-21(23,24)30-18-3-1-2-17(12-18)27-20(29)10-14-4-6-15(7-5-14)16-8-9-28-19(11-16)25-13-26-28/h1-9,11-13H,10H2,(H,27,29). The smallest absolute Gasteiger partial charge is 0.406 e. The molecule has 2 aromatic heterocycles. The van der Waals surface area contributed by atoms with Gasteiger partial charge in [-0.3, -0.25) is 4.79 Å². The summed E-state index contributed by atoms with van der Waals surface area (Å²) < 4.78 is 42.5. The highest BCUT2D eigenvalue weighted by atomic mass is 19.4. The maximum Gasteiger partial charge on any atom is 0.573 e. The molecule has 0 aliphatic carbocycles. The maximum atomic E-state index is 12.3. The third kappa shape index (κ3) is 4.75. The Labute approximate surface area is 168 Å². The molecule has 0 aliphatic rings. The Bertz CT molecular complexity index is 1190. The van der Waals surface area contributed by atoms with Gasteiger partial charge in [0.25, 0.3) is 0 Å². The van der Waals surface area contributed by atoms with E-state index < -0.39 is 12.1 Å². The van der Waals surface area contributed by atoms with E-state index >= 15 is 0 Å². The first-order valence-corrected chi connectivity index (χ1v) is 8.90. The molecule has 0 bridgehead atoms. The van der Waals surface area contributed by atoms with Gasteiger partial charge in [-0.25, -0.2) is 9.50 Å². The number of benzene rings is 2. The van der Waals surface area contributed by atoms with Crippen LogP contribution in [-0.2, 0) is 11.2 Å². The SMILES string of the molecule is O=C(Cc1ccc(-c2ccn3ncnc3c2)cc1)Nc1cccc(OC(F)(F)F)c1. The molecule has 1 amide bonds. The van der Waals surface area contributed by atoms with Crippen molar-refractivity contribution in [3.8, 4) is 16.9 Å². The predicted molar refractivity (Wildman–Crippen MR) is 104 cm³/mol. The number of nitrogens with zero attached hydrogens (tertiary/aromatic N) is 3. The van der Waals surface area contributed by atoms with Crippen LogP contribution in [0, 0.1) is 0 Å². The van der Waals surface area contributed by atoms with Crippen molar-refractivity contribution in [3.63, 3.8) is 0 Å². The van der Waals surface area contributed by atoms with Crippen LogP contribution in [0.5, 0.6) is 5.75 Å². The summed E-state index contributed by atoms with van der Waals surface area (Å²) in [6.07, 6.45) is -1.42. The van der Waals surface area contributed by atoms with Crippen LogP contribution in [0.4, 0.5) is 18.9 Å². The van der Waals surface area contributed by atoms with Crippen LogP contribution in [0.1, 0.15) is 5.56 Å². The number of carbonyl (C=O) groups excluding carboxylic acids is 1. The molecular weight excluding hydrogens is 397 g/mol. The lowest BCUT2D eigenvalue weighted by atomic mass is 10.0. The Hall–Kier alpha value is -3.88. The van der Waals surface area contributed by atoms with Crippen LogP contribution in [0.3, 0.4) is 0 Å². The van der Waals surface area contributed by atoms with Crippen LogP contribution in [0.2, 0.25) is 0 Å². The van der Waals surface area contributed by atoms with E-state index in [9.17, 15) is 18.0 Å². The van der Waals surface area contributed by atoms with Gasteiger partial charge in [0.2, 0.25) is 5.91 Å². The van der Waals surface area contributed by atoms with Crippen molar-refractivity contribution in [2.45, 2.75) is 12.8 Å². The zero-order valence-electron chi connectivity index (χ0n) is 15.4. The number of hydrogen-bond donors (Lipinski definition) is 1. The topological polar surface area (TPSA) is 68.5 Å². The second kappa shape index (κ2) is 7.86. The van der Waals surface area contributed by atoms with Crippen LogP contribution in [0.15, 0.2) is 73.2 Å². The summed E-state index contributed by atoms with van der Waals surface area (Å²) in [5.41, 5.74) is 3.64. The molecular formula is C21H15F3N4O2. The molecule has 4 rings (SSSR count). The number of amides is 1. The van der Waals surface area contributed by atoms with Crippen LogP contribution in [-0.4, -0.2) is 26.9 Å². The maximum absolute atomic E-state index is 12.3. The number of ether oxygens (including phenoxy) is 1. The van der Waals surface area contributed by atoms with Crippen molar-refractivity contribution >= 4 is 17.2 Å². The zero-order chi connectivity index (χ0) is 21.1. The molecule has 0 saturated carbocycles. The zero-order valence-corrected chi connectivity index (χ0v) is 15.4. The van der Waals surface area contributed by atoms with Gasteiger partial charge in [-0.15, -0.1) is 13.2 Å². The normalized spacial score (nSPS) is 11.4. The first-order chi connectivity index (χ1) is 14.4. The van der Waals surface area contributed by atoms with Gasteiger partial charge in [-0.05, 0) is 41.0 Å². The van der Waals surface area contributed by atoms with E-state index in [4.69, 9.17) is 0 Å². The molecule has 0 radical (unpaired) electrons. The molecule has 9 heteroatoms. The van der Waals surface area contributed by atoms with Crippen molar-refractivity contribution in [2.75, 3.05) is 5.32 Å². The summed E-state index contributed by atoms with van der Waals surface area (Å²) in [4.78, 5) is 16.4. The van der Waals surface area contributed by atoms with E-state index in [1.807, 2.05) is 42.6 Å². The van der Waals surface area contributed by atoms with E-state index in [0.717, 1.165) is 28.4 Å². The first kappa shape index (κ1) is 19.4. The number of hydrogen-bond acceptors (Lipinski definition) is 4. The molecule has 0 saturated heterocycles. The molecule has 6 nitrogen and oxygen atoms in total. The molecule has 0 fully saturated rings. The van der Waals surface area contributed by atoms with Gasteiger partial charge in [0.15, 0.2) is 5.65 Å². The summed E-state index contributed by atoms with van der Waals surface area (Å²) in [5, 5.41) is 6.63. The Kier molecular flexibility index (Phi) is 5.09. The fourth-order valence-corrected chi connectivity index (χ4v) is 2.97. The van der Waals surface area contributed by atoms with Crippen molar-refractivity contribution in [2.24, 2.45) is 0 Å². The number of fused-ring (bicyclic) bond motifs is 1. The number of nitrogens with one attached hydrogen (secondary N) is 1. The van der Waals surface area contributed by atoms with Crippen LogP contribution < -0.4 is 10.1 Å². The minimum absolute atomic E-state index is 0.0772. The Morgan fingerprint density at radius 3 is 2.60 bits per heavy atom. The molecule has 0 aliphatic heterocycles. The Morgan fingerprint density at radius 2 is 1.83 bits per heavy atom. The number of carbonyl (C=O) groups is 1. The van der Waals surface area contributed by atoms with Crippen LogP contribution >= 0.6 is 0 Å². The summed E-state index contributed by atoms with van der Waals surface area (Å²) in [6, 6.07) is 16.4. The van der Waals surface area contributed by atoms with Gasteiger partial charge in [0, 0.05) is 18.0 Å². The average molecular weight is 412 g/mol. The second-order valence-electron chi connectivity index (χ2n) is 6.48. The monoisotopic (exact) mass is 412 g/mol. The van der Waals surface area contributed by atoms with E-state index in [1.165, 1.54) is 24.5 Å². The van der Waals surface area contributed by atoms with E-state index in [1.54, 1.807) is 4.52 Å². The Morgan fingerprint density at radius 1 is 1.03 bits per heavy atom. The van der Waals surface area contributed by atoms with Crippen molar-refractivity contribution in [1.29, 1.82) is 0 Å². The average Bonchev–Trinajstić information content (AvgIpc) is 3.15. The largest absolute Gasteiger partial charge is 0.573 e. The number of aromatic nitrogens is 3. The lowest BCUT2D eigenvalue weighted by molar-refractivity contribution is -0.274. The van der Waals surface area contributed by atoms with Gasteiger partial charge in [-0.1, -0.05) is 30.3 Å². The van der Waals surface area contributed by atoms with Crippen LogP contribution in [0.25, 0.3) is 16.8 Å². The lowest BCUT2D eigenvalue weighted by Crippen LogP contribution is -2.18. The summed E-state index contributed by atoms with van der Waals surface area (Å²) in [7, 11) is 0. The summed E-state index contributed by atoms with van der Waals surface area (Å²) in [5.74, 6) is -0.744. The highest BCUT2D eigenvalue weighted by Gasteiger charge is 2.31. The highest BCUT2D eigenvalue weighted by molar-refractivity contribution is 5.92. The predicted octanol–water partition coefficient (Wildman–Crippen LogP) is 4.48. The minimum Gasteiger partial charge on any atom is -0.406 e. The Balaban J connectivity index is 1.41. The molecule has 4 aromatic rings. The minimum atomic E-state index is -4.79. The van der Waals surface area contributed by atoms with Crippen molar-refractivity contribution in [3.05, 3.63) is 78.8 Å². The highest BCUT2D eigenvalue weighted by Crippen LogP contribution is 2.25. The summed E-state index contributed by atoms with van der Waals surface area (Å²) >= 11 is 0. The number of anilines is 1. The second-order valence-corrected chi connectivity index (χ2v) is 6.48. The molecule has 0 unspecified atom stereocenters. The van der Waals surface area contributed by atoms with Crippen molar-refractivity contribution in [1.82, 2.24) is 14.6 Å².